The van der Waals surface area contributed by atoms with Gasteiger partial charge in [0, 0.05) is 25.0 Å². The fraction of sp³-hybridized carbons (Fsp3) is 0.250. The summed E-state index contributed by atoms with van der Waals surface area (Å²) in [7, 11) is 3.53. The van der Waals surface area contributed by atoms with E-state index in [1.165, 1.54) is 0 Å². The molecule has 3 aromatic rings. The van der Waals surface area contributed by atoms with Gasteiger partial charge < -0.3 is 10.1 Å². The Labute approximate surface area is 158 Å². The van der Waals surface area contributed by atoms with Crippen LogP contribution >= 0.6 is 0 Å². The van der Waals surface area contributed by atoms with Crippen LogP contribution in [0.25, 0.3) is 5.69 Å². The number of ether oxygens (including phenoxy) is 1. The maximum absolute atomic E-state index is 12.5. The number of aromatic nitrogens is 3. The van der Waals surface area contributed by atoms with Crippen molar-refractivity contribution in [2.24, 2.45) is 0 Å². The van der Waals surface area contributed by atoms with Crippen LogP contribution in [0.15, 0.2) is 54.9 Å². The molecule has 0 aliphatic heterocycles. The maximum atomic E-state index is 12.5. The number of aryl methyl sites for hydroxylation is 1. The van der Waals surface area contributed by atoms with E-state index in [0.717, 1.165) is 22.7 Å². The van der Waals surface area contributed by atoms with Crippen LogP contribution in [0.1, 0.15) is 11.3 Å². The zero-order valence-electron chi connectivity index (χ0n) is 15.7. The Morgan fingerprint density at radius 2 is 2.04 bits per heavy atom. The Kier molecular flexibility index (Phi) is 5.83. The van der Waals surface area contributed by atoms with Gasteiger partial charge in [-0.05, 0) is 49.9 Å². The van der Waals surface area contributed by atoms with Crippen molar-refractivity contribution in [1.82, 2.24) is 19.7 Å². The first-order valence-corrected chi connectivity index (χ1v) is 8.63. The van der Waals surface area contributed by atoms with Crippen LogP contribution in [0, 0.1) is 6.92 Å². The highest BCUT2D eigenvalue weighted by atomic mass is 16.5. The second-order valence-electron chi connectivity index (χ2n) is 6.36. The first-order chi connectivity index (χ1) is 13.0. The molecule has 2 heterocycles. The van der Waals surface area contributed by atoms with Crippen LogP contribution in [0.2, 0.25) is 0 Å². The average molecular weight is 365 g/mol. The van der Waals surface area contributed by atoms with Crippen LogP contribution < -0.4 is 10.1 Å². The molecule has 0 saturated heterocycles. The normalized spacial score (nSPS) is 10.8. The van der Waals surface area contributed by atoms with Gasteiger partial charge in [-0.25, -0.2) is 4.68 Å². The highest BCUT2D eigenvalue weighted by Gasteiger charge is 2.13. The van der Waals surface area contributed by atoms with Gasteiger partial charge in [0.05, 0.1) is 25.0 Å². The summed E-state index contributed by atoms with van der Waals surface area (Å²) >= 11 is 0. The maximum Gasteiger partial charge on any atom is 0.239 e. The molecule has 1 amide bonds. The van der Waals surface area contributed by atoms with Gasteiger partial charge in [0.2, 0.25) is 5.91 Å². The topological polar surface area (TPSA) is 72.3 Å². The van der Waals surface area contributed by atoms with Crippen molar-refractivity contribution in [2.45, 2.75) is 13.5 Å². The number of benzene rings is 1. The lowest BCUT2D eigenvalue weighted by Crippen LogP contribution is -2.30. The van der Waals surface area contributed by atoms with Crippen LogP contribution in [0.3, 0.4) is 0 Å². The molecule has 7 nitrogen and oxygen atoms in total. The first kappa shape index (κ1) is 18.6. The fourth-order valence-electron chi connectivity index (χ4n) is 2.80. The molecule has 0 aliphatic rings. The van der Waals surface area contributed by atoms with Gasteiger partial charge in [-0.3, -0.25) is 14.7 Å². The monoisotopic (exact) mass is 365 g/mol. The molecule has 27 heavy (non-hydrogen) atoms. The Balaban J connectivity index is 1.67. The third-order valence-corrected chi connectivity index (χ3v) is 4.00. The van der Waals surface area contributed by atoms with Crippen molar-refractivity contribution in [1.29, 1.82) is 0 Å². The van der Waals surface area contributed by atoms with E-state index in [1.54, 1.807) is 24.2 Å². The van der Waals surface area contributed by atoms with Gasteiger partial charge in [0.25, 0.3) is 0 Å². The largest absolute Gasteiger partial charge is 0.497 e. The van der Waals surface area contributed by atoms with Gasteiger partial charge in [-0.1, -0.05) is 6.07 Å². The van der Waals surface area contributed by atoms with Gasteiger partial charge in [-0.15, -0.1) is 0 Å². The second kappa shape index (κ2) is 8.46. The van der Waals surface area contributed by atoms with E-state index in [-0.39, 0.29) is 12.5 Å². The quantitative estimate of drug-likeness (QED) is 0.697. The molecular weight excluding hydrogens is 342 g/mol. The molecule has 0 bridgehead atoms. The number of rotatable bonds is 7. The standard InChI is InChI=1S/C20H23N5O2/c1-15-11-19(25(23-15)17-6-8-18(27-3)9-7-17)22-20(26)14-24(2)13-16-5-4-10-21-12-16/h4-12H,13-14H2,1-3H3,(H,22,26). The molecule has 1 aromatic carbocycles. The minimum absolute atomic E-state index is 0.101. The minimum Gasteiger partial charge on any atom is -0.497 e. The number of anilines is 1. The summed E-state index contributed by atoms with van der Waals surface area (Å²) in [5, 5.41) is 7.42. The van der Waals surface area contributed by atoms with Crippen molar-refractivity contribution < 1.29 is 9.53 Å². The molecule has 0 unspecified atom stereocenters. The summed E-state index contributed by atoms with van der Waals surface area (Å²) in [5.41, 5.74) is 2.74. The van der Waals surface area contributed by atoms with Crippen molar-refractivity contribution in [3.05, 3.63) is 66.1 Å². The number of nitrogens with one attached hydrogen (secondary N) is 1. The van der Waals surface area contributed by atoms with E-state index in [4.69, 9.17) is 4.74 Å². The number of likely N-dealkylation sites (N-methyl/N-ethyl adjacent to an activating group) is 1. The van der Waals surface area contributed by atoms with E-state index in [9.17, 15) is 4.79 Å². The average Bonchev–Trinajstić information content (AvgIpc) is 3.02. The van der Waals surface area contributed by atoms with E-state index in [0.29, 0.717) is 12.4 Å². The van der Waals surface area contributed by atoms with Gasteiger partial charge >= 0.3 is 0 Å². The summed E-state index contributed by atoms with van der Waals surface area (Å²) in [5.74, 6) is 1.30. The number of nitrogens with zero attached hydrogens (tertiary/aromatic N) is 4. The van der Waals surface area contributed by atoms with Crippen molar-refractivity contribution in [2.75, 3.05) is 26.0 Å². The number of carbonyl (C=O) groups is 1. The molecule has 0 fully saturated rings. The highest BCUT2D eigenvalue weighted by molar-refractivity contribution is 5.91. The van der Waals surface area contributed by atoms with E-state index in [2.05, 4.69) is 15.4 Å². The Morgan fingerprint density at radius 1 is 1.26 bits per heavy atom. The van der Waals surface area contributed by atoms with E-state index < -0.39 is 0 Å². The summed E-state index contributed by atoms with van der Waals surface area (Å²) in [4.78, 5) is 18.5. The molecule has 0 atom stereocenters. The lowest BCUT2D eigenvalue weighted by Gasteiger charge is -2.16. The SMILES string of the molecule is COc1ccc(-n2nc(C)cc2NC(=O)CN(C)Cc2cccnc2)cc1. The van der Waals surface area contributed by atoms with Gasteiger partial charge in [-0.2, -0.15) is 5.10 Å². The summed E-state index contributed by atoms with van der Waals surface area (Å²) < 4.78 is 6.90. The lowest BCUT2D eigenvalue weighted by molar-refractivity contribution is -0.117. The van der Waals surface area contributed by atoms with Crippen LogP contribution in [-0.2, 0) is 11.3 Å². The lowest BCUT2D eigenvalue weighted by atomic mass is 10.3. The minimum atomic E-state index is -0.101. The molecule has 3 rings (SSSR count). The Morgan fingerprint density at radius 3 is 2.70 bits per heavy atom. The van der Waals surface area contributed by atoms with Crippen LogP contribution in [-0.4, -0.2) is 46.3 Å². The van der Waals surface area contributed by atoms with E-state index in [1.807, 2.05) is 61.3 Å². The number of amides is 1. The van der Waals surface area contributed by atoms with Crippen LogP contribution in [0.5, 0.6) is 5.75 Å². The number of methoxy groups -OCH3 is 1. The molecule has 1 N–H and O–H groups in total. The van der Waals surface area contributed by atoms with Gasteiger partial charge in [0.15, 0.2) is 0 Å². The number of pyridine rings is 1. The second-order valence-corrected chi connectivity index (χ2v) is 6.36. The summed E-state index contributed by atoms with van der Waals surface area (Å²) in [6, 6.07) is 13.2. The fourth-order valence-corrected chi connectivity index (χ4v) is 2.80. The summed E-state index contributed by atoms with van der Waals surface area (Å²) in [6.07, 6.45) is 3.54. The third-order valence-electron chi connectivity index (χ3n) is 4.00. The molecule has 0 spiro atoms. The van der Waals surface area contributed by atoms with Crippen LogP contribution in [0.4, 0.5) is 5.82 Å². The molecular formula is C20H23N5O2. The zero-order chi connectivity index (χ0) is 19.2. The predicted octanol–water partition coefficient (Wildman–Crippen LogP) is 2.65. The molecule has 2 aromatic heterocycles. The number of hydrogen-bond acceptors (Lipinski definition) is 5. The van der Waals surface area contributed by atoms with Gasteiger partial charge in [0.1, 0.15) is 11.6 Å². The first-order valence-electron chi connectivity index (χ1n) is 8.63. The molecule has 0 radical (unpaired) electrons. The third kappa shape index (κ3) is 4.92. The van der Waals surface area contributed by atoms with Crippen molar-refractivity contribution in [3.8, 4) is 11.4 Å². The predicted molar refractivity (Wildman–Crippen MR) is 104 cm³/mol. The number of hydrogen-bond donors (Lipinski definition) is 1. The number of carbonyl (C=O) groups excluding carboxylic acids is 1. The Hall–Kier alpha value is -3.19. The Bertz CT molecular complexity index is 890. The van der Waals surface area contributed by atoms with Crippen molar-refractivity contribution in [3.63, 3.8) is 0 Å². The highest BCUT2D eigenvalue weighted by Crippen LogP contribution is 2.20. The molecule has 140 valence electrons. The van der Waals surface area contributed by atoms with Crippen molar-refractivity contribution >= 4 is 11.7 Å². The molecule has 7 heteroatoms. The smallest absolute Gasteiger partial charge is 0.239 e. The molecule has 0 aliphatic carbocycles. The molecule has 0 saturated carbocycles. The zero-order valence-corrected chi connectivity index (χ0v) is 15.7. The summed E-state index contributed by atoms with van der Waals surface area (Å²) in [6.45, 7) is 2.81. The van der Waals surface area contributed by atoms with E-state index >= 15 is 0 Å².